The first-order valence-electron chi connectivity index (χ1n) is 8.84. The molecule has 2 aromatic carbocycles. The molecular weight excluding hydrogens is 408 g/mol. The number of anilines is 2. The average molecular weight is 425 g/mol. The number of carbonyl (C=O) groups is 2. The summed E-state index contributed by atoms with van der Waals surface area (Å²) in [5.41, 5.74) is 2.43. The second kappa shape index (κ2) is 7.73. The molecule has 1 N–H and O–H groups in total. The summed E-state index contributed by atoms with van der Waals surface area (Å²) in [6.45, 7) is 1.87. The highest BCUT2D eigenvalue weighted by atomic mass is 35.5. The number of halogens is 1. The third-order valence-corrected chi connectivity index (χ3v) is 5.75. The second-order valence-electron chi connectivity index (χ2n) is 6.43. The normalized spacial score (nSPS) is 14.0. The lowest BCUT2D eigenvalue weighted by molar-refractivity contribution is -0.120. The molecular formula is C22H17ClN2O3S. The van der Waals surface area contributed by atoms with Crippen molar-refractivity contribution in [3.63, 3.8) is 0 Å². The third kappa shape index (κ3) is 3.41. The molecule has 7 heteroatoms. The molecule has 146 valence electrons. The lowest BCUT2D eigenvalue weighted by Gasteiger charge is -2.18. The summed E-state index contributed by atoms with van der Waals surface area (Å²) >= 11 is 7.53. The van der Waals surface area contributed by atoms with Gasteiger partial charge in [-0.15, -0.1) is 11.3 Å². The Labute approximate surface area is 177 Å². The highest BCUT2D eigenvalue weighted by Crippen LogP contribution is 2.38. The molecule has 0 aliphatic carbocycles. The maximum Gasteiger partial charge on any atom is 0.282 e. The van der Waals surface area contributed by atoms with Gasteiger partial charge in [0.25, 0.3) is 11.8 Å². The molecule has 0 fully saturated rings. The number of hydrogen-bond donors (Lipinski definition) is 1. The number of benzene rings is 2. The van der Waals surface area contributed by atoms with E-state index in [9.17, 15) is 9.59 Å². The summed E-state index contributed by atoms with van der Waals surface area (Å²) in [5, 5.41) is 5.46. The summed E-state index contributed by atoms with van der Waals surface area (Å²) in [5.74, 6) is -0.271. The van der Waals surface area contributed by atoms with Crippen LogP contribution in [0.1, 0.15) is 10.4 Å². The molecule has 0 radical (unpaired) electrons. The Balaban J connectivity index is 1.85. The largest absolute Gasteiger partial charge is 0.495 e. The molecule has 0 saturated carbocycles. The number of imide groups is 1. The molecule has 1 aromatic heterocycles. The maximum atomic E-state index is 13.4. The number of para-hydroxylation sites is 1. The zero-order chi connectivity index (χ0) is 20.5. The molecule has 1 aliphatic heterocycles. The minimum absolute atomic E-state index is 0.196. The molecule has 5 nitrogen and oxygen atoms in total. The molecule has 2 heterocycles. The van der Waals surface area contributed by atoms with Gasteiger partial charge >= 0.3 is 0 Å². The Hall–Kier alpha value is -3.09. The fraction of sp³-hybridized carbons (Fsp3) is 0.0909. The minimum Gasteiger partial charge on any atom is -0.495 e. The van der Waals surface area contributed by atoms with Gasteiger partial charge < -0.3 is 10.1 Å². The van der Waals surface area contributed by atoms with Crippen molar-refractivity contribution < 1.29 is 14.3 Å². The van der Waals surface area contributed by atoms with Crippen molar-refractivity contribution in [1.29, 1.82) is 0 Å². The van der Waals surface area contributed by atoms with Gasteiger partial charge in [0.1, 0.15) is 11.4 Å². The number of aryl methyl sites for hydroxylation is 1. The Morgan fingerprint density at radius 3 is 2.52 bits per heavy atom. The van der Waals surface area contributed by atoms with Crippen molar-refractivity contribution >= 4 is 51.7 Å². The van der Waals surface area contributed by atoms with Crippen molar-refractivity contribution in [2.24, 2.45) is 0 Å². The number of nitrogens with zero attached hydrogens (tertiary/aromatic N) is 1. The molecule has 2 amide bonds. The fourth-order valence-corrected chi connectivity index (χ4v) is 4.18. The average Bonchev–Trinajstić information content (AvgIpc) is 3.30. The van der Waals surface area contributed by atoms with Crippen LogP contribution >= 0.6 is 22.9 Å². The van der Waals surface area contributed by atoms with Gasteiger partial charge in [-0.2, -0.15) is 0 Å². The highest BCUT2D eigenvalue weighted by molar-refractivity contribution is 7.11. The van der Waals surface area contributed by atoms with E-state index >= 15 is 0 Å². The minimum atomic E-state index is -0.422. The Bertz CT molecular complexity index is 1140. The maximum absolute atomic E-state index is 13.4. The topological polar surface area (TPSA) is 58.6 Å². The SMILES string of the molecule is COc1ccc(Cl)cc1NC1=C(c2cccs2)C(=O)N(c2ccccc2C)C1=O. The quantitative estimate of drug-likeness (QED) is 0.578. The predicted octanol–water partition coefficient (Wildman–Crippen LogP) is 5.12. The van der Waals surface area contributed by atoms with Crippen LogP contribution in [0, 0.1) is 6.92 Å². The molecule has 0 spiro atoms. The van der Waals surface area contributed by atoms with Crippen LogP contribution < -0.4 is 15.0 Å². The van der Waals surface area contributed by atoms with Gasteiger partial charge in [-0.25, -0.2) is 4.90 Å². The number of hydrogen-bond acceptors (Lipinski definition) is 5. The number of thiophene rings is 1. The molecule has 0 unspecified atom stereocenters. The van der Waals surface area contributed by atoms with E-state index in [0.29, 0.717) is 32.6 Å². The van der Waals surface area contributed by atoms with Crippen LogP contribution in [0.25, 0.3) is 5.57 Å². The van der Waals surface area contributed by atoms with Gasteiger partial charge in [0.05, 0.1) is 24.1 Å². The molecule has 0 bridgehead atoms. The van der Waals surface area contributed by atoms with Crippen LogP contribution in [0.5, 0.6) is 5.75 Å². The standard InChI is InChI=1S/C22H17ClN2O3S/c1-13-6-3-4-7-16(13)25-21(26)19(18-8-5-11-29-18)20(22(25)27)24-15-12-14(23)9-10-17(15)28-2/h3-12,24H,1-2H3. The third-order valence-electron chi connectivity index (χ3n) is 4.63. The van der Waals surface area contributed by atoms with Crippen molar-refractivity contribution in [2.75, 3.05) is 17.3 Å². The van der Waals surface area contributed by atoms with Crippen molar-refractivity contribution in [3.05, 3.63) is 81.1 Å². The number of carbonyl (C=O) groups excluding carboxylic acids is 2. The summed E-state index contributed by atoms with van der Waals surface area (Å²) in [4.78, 5) is 28.6. The zero-order valence-electron chi connectivity index (χ0n) is 15.7. The molecule has 0 atom stereocenters. The fourth-order valence-electron chi connectivity index (χ4n) is 3.24. The Kier molecular flexibility index (Phi) is 5.13. The number of amides is 2. The van der Waals surface area contributed by atoms with Crippen LogP contribution in [-0.2, 0) is 9.59 Å². The summed E-state index contributed by atoms with van der Waals surface area (Å²) < 4.78 is 5.38. The molecule has 4 rings (SSSR count). The first-order chi connectivity index (χ1) is 14.0. The number of rotatable bonds is 5. The van der Waals surface area contributed by atoms with Gasteiger partial charge in [-0.1, -0.05) is 35.9 Å². The molecule has 3 aromatic rings. The van der Waals surface area contributed by atoms with E-state index in [-0.39, 0.29) is 11.6 Å². The van der Waals surface area contributed by atoms with Gasteiger partial charge in [-0.05, 0) is 48.2 Å². The highest BCUT2D eigenvalue weighted by Gasteiger charge is 2.41. The van der Waals surface area contributed by atoms with E-state index in [4.69, 9.17) is 16.3 Å². The lowest BCUT2D eigenvalue weighted by Crippen LogP contribution is -2.32. The molecule has 29 heavy (non-hydrogen) atoms. The number of ether oxygens (including phenoxy) is 1. The number of methoxy groups -OCH3 is 1. The van der Waals surface area contributed by atoms with Gasteiger partial charge in [0, 0.05) is 9.90 Å². The van der Waals surface area contributed by atoms with E-state index in [2.05, 4.69) is 5.32 Å². The van der Waals surface area contributed by atoms with Gasteiger partial charge in [-0.3, -0.25) is 9.59 Å². The zero-order valence-corrected chi connectivity index (χ0v) is 17.3. The van der Waals surface area contributed by atoms with Crippen LogP contribution in [0.2, 0.25) is 5.02 Å². The van der Waals surface area contributed by atoms with Gasteiger partial charge in [0.15, 0.2) is 0 Å². The van der Waals surface area contributed by atoms with Crippen LogP contribution in [0.4, 0.5) is 11.4 Å². The van der Waals surface area contributed by atoms with E-state index < -0.39 is 5.91 Å². The first kappa shape index (κ1) is 19.2. The van der Waals surface area contributed by atoms with E-state index in [1.165, 1.54) is 23.3 Å². The molecule has 0 saturated heterocycles. The second-order valence-corrected chi connectivity index (χ2v) is 7.81. The van der Waals surface area contributed by atoms with Crippen molar-refractivity contribution in [2.45, 2.75) is 6.92 Å². The number of nitrogens with one attached hydrogen (secondary N) is 1. The van der Waals surface area contributed by atoms with E-state index in [1.807, 2.05) is 36.6 Å². The van der Waals surface area contributed by atoms with Crippen LogP contribution in [0.15, 0.2) is 65.7 Å². The summed E-state index contributed by atoms with van der Waals surface area (Å²) in [6, 6.07) is 16.0. The predicted molar refractivity (Wildman–Crippen MR) is 117 cm³/mol. The smallest absolute Gasteiger partial charge is 0.282 e. The first-order valence-corrected chi connectivity index (χ1v) is 10.1. The van der Waals surface area contributed by atoms with Gasteiger partial charge in [0.2, 0.25) is 0 Å². The van der Waals surface area contributed by atoms with Crippen LogP contribution in [-0.4, -0.2) is 18.9 Å². The van der Waals surface area contributed by atoms with Crippen molar-refractivity contribution in [1.82, 2.24) is 0 Å². The summed E-state index contributed by atoms with van der Waals surface area (Å²) in [6.07, 6.45) is 0. The van der Waals surface area contributed by atoms with Crippen molar-refractivity contribution in [3.8, 4) is 5.75 Å². The summed E-state index contributed by atoms with van der Waals surface area (Å²) in [7, 11) is 1.53. The monoisotopic (exact) mass is 424 g/mol. The lowest BCUT2D eigenvalue weighted by atomic mass is 10.1. The van der Waals surface area contributed by atoms with E-state index in [1.54, 1.807) is 30.3 Å². The Morgan fingerprint density at radius 2 is 1.83 bits per heavy atom. The Morgan fingerprint density at radius 1 is 1.03 bits per heavy atom. The molecule has 1 aliphatic rings. The van der Waals surface area contributed by atoms with E-state index in [0.717, 1.165) is 5.56 Å². The van der Waals surface area contributed by atoms with Crippen LogP contribution in [0.3, 0.4) is 0 Å².